The molecule has 0 aliphatic carbocycles. The van der Waals surface area contributed by atoms with Gasteiger partial charge in [0.05, 0.1) is 17.8 Å². The molecule has 1 heterocycles. The van der Waals surface area contributed by atoms with Crippen LogP contribution in [0.15, 0.2) is 0 Å². The van der Waals surface area contributed by atoms with Gasteiger partial charge in [-0.25, -0.2) is 12.7 Å². The average molecular weight is 372 g/mol. The second-order valence-corrected chi connectivity index (χ2v) is 8.16. The van der Waals surface area contributed by atoms with Crippen LogP contribution in [-0.4, -0.2) is 71.3 Å². The largest absolute Gasteiger partial charge is 0.384 e. The molecule has 0 saturated carbocycles. The fourth-order valence-electron chi connectivity index (χ4n) is 2.67. The van der Waals surface area contributed by atoms with Gasteiger partial charge in [-0.3, -0.25) is 4.79 Å². The molecular weight excluding hydrogens is 342 g/mol. The van der Waals surface area contributed by atoms with Crippen LogP contribution in [0, 0.1) is 5.41 Å². The highest BCUT2D eigenvalue weighted by molar-refractivity contribution is 7.89. The second-order valence-electron chi connectivity index (χ2n) is 5.79. The van der Waals surface area contributed by atoms with E-state index in [9.17, 15) is 13.2 Å². The van der Waals surface area contributed by atoms with E-state index in [0.717, 1.165) is 25.9 Å². The van der Waals surface area contributed by atoms with Gasteiger partial charge in [0.15, 0.2) is 0 Å². The molecule has 1 saturated heterocycles. The first-order valence-electron chi connectivity index (χ1n) is 7.80. The van der Waals surface area contributed by atoms with E-state index in [0.29, 0.717) is 26.1 Å². The number of hydrogen-bond donors (Lipinski definition) is 2. The quantitative estimate of drug-likeness (QED) is 0.566. The van der Waals surface area contributed by atoms with Crippen molar-refractivity contribution in [3.8, 4) is 0 Å². The van der Waals surface area contributed by atoms with Crippen LogP contribution in [0.5, 0.6) is 0 Å². The van der Waals surface area contributed by atoms with Crippen LogP contribution in [-0.2, 0) is 19.6 Å². The highest BCUT2D eigenvalue weighted by Crippen LogP contribution is 2.29. The first kappa shape index (κ1) is 22.6. The van der Waals surface area contributed by atoms with Crippen LogP contribution < -0.4 is 10.6 Å². The number of sulfonamides is 1. The average Bonchev–Trinajstić information content (AvgIpc) is 2.52. The van der Waals surface area contributed by atoms with E-state index < -0.39 is 15.4 Å². The molecule has 0 aromatic rings. The monoisotopic (exact) mass is 371 g/mol. The molecule has 0 bridgehead atoms. The fraction of sp³-hybridized carbons (Fsp3) is 0.929. The van der Waals surface area contributed by atoms with Gasteiger partial charge in [0.1, 0.15) is 0 Å². The molecule has 0 unspecified atom stereocenters. The van der Waals surface area contributed by atoms with Gasteiger partial charge in [-0.15, -0.1) is 12.4 Å². The molecule has 1 aliphatic rings. The Balaban J connectivity index is 0.00000484. The van der Waals surface area contributed by atoms with Crippen molar-refractivity contribution in [2.24, 2.45) is 5.41 Å². The van der Waals surface area contributed by atoms with Gasteiger partial charge in [-0.2, -0.15) is 0 Å². The second kappa shape index (κ2) is 10.5. The van der Waals surface area contributed by atoms with Crippen molar-refractivity contribution in [2.75, 3.05) is 52.7 Å². The minimum Gasteiger partial charge on any atom is -0.384 e. The van der Waals surface area contributed by atoms with Crippen LogP contribution >= 0.6 is 12.4 Å². The molecule has 0 spiro atoms. The lowest BCUT2D eigenvalue weighted by molar-refractivity contribution is -0.136. The number of amides is 1. The topological polar surface area (TPSA) is 87.7 Å². The van der Waals surface area contributed by atoms with Crippen LogP contribution in [0.4, 0.5) is 0 Å². The molecular formula is C14H30ClN3O4S. The maximum Gasteiger partial charge on any atom is 0.228 e. The molecule has 0 aromatic heterocycles. The highest BCUT2D eigenvalue weighted by Gasteiger charge is 2.39. The number of rotatable bonds is 9. The van der Waals surface area contributed by atoms with Crippen molar-refractivity contribution in [1.29, 1.82) is 0 Å². The van der Waals surface area contributed by atoms with E-state index >= 15 is 0 Å². The van der Waals surface area contributed by atoms with Crippen LogP contribution in [0.2, 0.25) is 0 Å². The Morgan fingerprint density at radius 2 is 1.96 bits per heavy atom. The van der Waals surface area contributed by atoms with E-state index in [2.05, 4.69) is 10.6 Å². The summed E-state index contributed by atoms with van der Waals surface area (Å²) in [5.41, 5.74) is -0.457. The predicted molar refractivity (Wildman–Crippen MR) is 93.4 cm³/mol. The van der Waals surface area contributed by atoms with E-state index in [1.54, 1.807) is 21.1 Å². The Bertz CT molecular complexity index is 447. The number of piperidine rings is 1. The molecule has 0 aromatic carbocycles. The predicted octanol–water partition coefficient (Wildman–Crippen LogP) is 0.212. The molecule has 138 valence electrons. The Kier molecular flexibility index (Phi) is 10.3. The molecule has 2 N–H and O–H groups in total. The van der Waals surface area contributed by atoms with Gasteiger partial charge in [0.25, 0.3) is 0 Å². The third-order valence-corrected chi connectivity index (χ3v) is 6.10. The van der Waals surface area contributed by atoms with Crippen LogP contribution in [0.25, 0.3) is 0 Å². The lowest BCUT2D eigenvalue weighted by Crippen LogP contribution is -2.50. The fourth-order valence-corrected chi connectivity index (χ4v) is 3.52. The molecule has 9 heteroatoms. The van der Waals surface area contributed by atoms with E-state index in [1.165, 1.54) is 4.31 Å². The zero-order chi connectivity index (χ0) is 16.6. The molecule has 0 atom stereocenters. The van der Waals surface area contributed by atoms with Crippen molar-refractivity contribution < 1.29 is 17.9 Å². The first-order chi connectivity index (χ1) is 10.4. The number of methoxy groups -OCH3 is 1. The summed E-state index contributed by atoms with van der Waals surface area (Å²) in [6.45, 7) is 4.56. The number of nitrogens with zero attached hydrogens (tertiary/aromatic N) is 1. The van der Waals surface area contributed by atoms with E-state index in [-0.39, 0.29) is 24.1 Å². The molecule has 1 amide bonds. The number of carbonyl (C=O) groups excluding carboxylic acids is 1. The maximum absolute atomic E-state index is 12.5. The molecule has 1 rings (SSSR count). The summed E-state index contributed by atoms with van der Waals surface area (Å²) in [7, 11) is 0.0343. The van der Waals surface area contributed by atoms with Gasteiger partial charge in [0, 0.05) is 27.2 Å². The standard InChI is InChI=1S/C14H29N3O4S.ClH/c1-4-22(19,20)17(2)11-5-8-16-13(18)14(12-21-3)6-9-15-10-7-14;/h15H,4-12H2,1-3H3,(H,16,18);1H. The first-order valence-corrected chi connectivity index (χ1v) is 9.41. The Labute approximate surface area is 146 Å². The molecule has 7 nitrogen and oxygen atoms in total. The van der Waals surface area contributed by atoms with Gasteiger partial charge >= 0.3 is 0 Å². The molecule has 1 aliphatic heterocycles. The van der Waals surface area contributed by atoms with Gasteiger partial charge < -0.3 is 15.4 Å². The Morgan fingerprint density at radius 1 is 1.35 bits per heavy atom. The summed E-state index contributed by atoms with van der Waals surface area (Å²) in [6.07, 6.45) is 2.12. The third kappa shape index (κ3) is 6.54. The smallest absolute Gasteiger partial charge is 0.228 e. The van der Waals surface area contributed by atoms with Gasteiger partial charge in [-0.1, -0.05) is 0 Å². The van der Waals surface area contributed by atoms with Crippen LogP contribution in [0.1, 0.15) is 26.2 Å². The molecule has 1 fully saturated rings. The van der Waals surface area contributed by atoms with Crippen molar-refractivity contribution >= 4 is 28.3 Å². The Hall–Kier alpha value is -0.410. The minimum atomic E-state index is -3.15. The molecule has 0 radical (unpaired) electrons. The zero-order valence-electron chi connectivity index (χ0n) is 14.3. The van der Waals surface area contributed by atoms with Crippen molar-refractivity contribution in [3.63, 3.8) is 0 Å². The van der Waals surface area contributed by atoms with Crippen molar-refractivity contribution in [3.05, 3.63) is 0 Å². The van der Waals surface area contributed by atoms with Crippen molar-refractivity contribution in [2.45, 2.75) is 26.2 Å². The number of nitrogens with one attached hydrogen (secondary N) is 2. The van der Waals surface area contributed by atoms with E-state index in [4.69, 9.17) is 4.74 Å². The lowest BCUT2D eigenvalue weighted by atomic mass is 9.78. The number of hydrogen-bond acceptors (Lipinski definition) is 5. The Morgan fingerprint density at radius 3 is 2.48 bits per heavy atom. The minimum absolute atomic E-state index is 0. The third-order valence-electron chi connectivity index (χ3n) is 4.24. The lowest BCUT2D eigenvalue weighted by Gasteiger charge is -2.35. The summed E-state index contributed by atoms with van der Waals surface area (Å²) in [5.74, 6) is 0.108. The summed E-state index contributed by atoms with van der Waals surface area (Å²) >= 11 is 0. The SMILES string of the molecule is CCS(=O)(=O)N(C)CCCNC(=O)C1(COC)CCNCC1.Cl. The summed E-state index contributed by atoms with van der Waals surface area (Å²) in [4.78, 5) is 12.5. The van der Waals surface area contributed by atoms with E-state index in [1.807, 2.05) is 0 Å². The van der Waals surface area contributed by atoms with Crippen LogP contribution in [0.3, 0.4) is 0 Å². The number of ether oxygens (including phenoxy) is 1. The van der Waals surface area contributed by atoms with Gasteiger partial charge in [0.2, 0.25) is 15.9 Å². The normalized spacial score (nSPS) is 17.6. The molecule has 23 heavy (non-hydrogen) atoms. The van der Waals surface area contributed by atoms with Gasteiger partial charge in [-0.05, 0) is 39.3 Å². The number of halogens is 1. The summed E-state index contributed by atoms with van der Waals surface area (Å²) in [6, 6.07) is 0. The highest BCUT2D eigenvalue weighted by atomic mass is 35.5. The maximum atomic E-state index is 12.5. The summed E-state index contributed by atoms with van der Waals surface area (Å²) < 4.78 is 29.8. The zero-order valence-corrected chi connectivity index (χ0v) is 15.9. The number of carbonyl (C=O) groups is 1. The van der Waals surface area contributed by atoms with Crippen molar-refractivity contribution in [1.82, 2.24) is 14.9 Å². The summed E-state index contributed by atoms with van der Waals surface area (Å²) in [5, 5.41) is 6.18.